The maximum atomic E-state index is 11.7. The van der Waals surface area contributed by atoms with Crippen molar-refractivity contribution in [1.82, 2.24) is 10.2 Å². The molecular weight excluding hydrogens is 196 g/mol. The van der Waals surface area contributed by atoms with Gasteiger partial charge in [-0.2, -0.15) is 0 Å². The van der Waals surface area contributed by atoms with E-state index in [1.807, 2.05) is 13.8 Å². The molecule has 6 nitrogen and oxygen atoms in total. The van der Waals surface area contributed by atoms with Crippen LogP contribution < -0.4 is 11.1 Å². The van der Waals surface area contributed by atoms with Crippen molar-refractivity contribution in [2.45, 2.75) is 20.8 Å². The zero-order valence-electron chi connectivity index (χ0n) is 9.15. The molecule has 1 aromatic rings. The van der Waals surface area contributed by atoms with Gasteiger partial charge in [-0.1, -0.05) is 18.9 Å². The summed E-state index contributed by atoms with van der Waals surface area (Å²) in [4.78, 5) is 11.7. The predicted molar refractivity (Wildman–Crippen MR) is 55.0 cm³/mol. The standard InChI is InChI=1S/C9H16N4O2/c1-5(2)7(4-10)8(14)11-9-13-12-6(3)15-9/h5,7H,4,10H2,1-3H3,(H,11,13,14). The molecule has 0 spiro atoms. The van der Waals surface area contributed by atoms with Crippen molar-refractivity contribution in [2.24, 2.45) is 17.6 Å². The summed E-state index contributed by atoms with van der Waals surface area (Å²) in [6.07, 6.45) is 0. The predicted octanol–water partition coefficient (Wildman–Crippen LogP) is 0.547. The third-order valence-electron chi connectivity index (χ3n) is 2.15. The van der Waals surface area contributed by atoms with E-state index in [1.54, 1.807) is 6.92 Å². The van der Waals surface area contributed by atoms with Gasteiger partial charge in [0.2, 0.25) is 11.8 Å². The van der Waals surface area contributed by atoms with Crippen molar-refractivity contribution >= 4 is 11.9 Å². The molecule has 0 aliphatic carbocycles. The molecule has 0 saturated carbocycles. The van der Waals surface area contributed by atoms with Gasteiger partial charge in [0.15, 0.2) is 0 Å². The summed E-state index contributed by atoms with van der Waals surface area (Å²) in [7, 11) is 0. The lowest BCUT2D eigenvalue weighted by molar-refractivity contribution is -0.120. The molecule has 0 aliphatic heterocycles. The van der Waals surface area contributed by atoms with Gasteiger partial charge in [-0.05, 0) is 5.92 Å². The van der Waals surface area contributed by atoms with E-state index in [2.05, 4.69) is 15.5 Å². The quantitative estimate of drug-likeness (QED) is 0.760. The summed E-state index contributed by atoms with van der Waals surface area (Å²) in [6.45, 7) is 5.84. The first kappa shape index (κ1) is 11.6. The number of anilines is 1. The van der Waals surface area contributed by atoms with Crippen LogP contribution in [0.4, 0.5) is 6.01 Å². The number of nitrogens with two attached hydrogens (primary N) is 1. The molecule has 0 bridgehead atoms. The Hall–Kier alpha value is -1.43. The molecule has 1 heterocycles. The second-order valence-electron chi connectivity index (χ2n) is 3.70. The van der Waals surface area contributed by atoms with E-state index in [9.17, 15) is 4.79 Å². The second kappa shape index (κ2) is 4.88. The Morgan fingerprint density at radius 1 is 1.53 bits per heavy atom. The average molecular weight is 212 g/mol. The SMILES string of the molecule is Cc1nnc(NC(=O)C(CN)C(C)C)o1. The molecule has 3 N–H and O–H groups in total. The Balaban J connectivity index is 2.62. The van der Waals surface area contributed by atoms with Crippen molar-refractivity contribution in [2.75, 3.05) is 11.9 Å². The molecule has 0 saturated heterocycles. The van der Waals surface area contributed by atoms with E-state index in [1.165, 1.54) is 0 Å². The Bertz CT molecular complexity index is 335. The van der Waals surface area contributed by atoms with Crippen molar-refractivity contribution in [3.05, 3.63) is 5.89 Å². The van der Waals surface area contributed by atoms with Crippen molar-refractivity contribution < 1.29 is 9.21 Å². The number of carbonyl (C=O) groups is 1. The molecule has 0 fully saturated rings. The summed E-state index contributed by atoms with van der Waals surface area (Å²) in [5.41, 5.74) is 5.51. The number of aromatic nitrogens is 2. The molecule has 1 rings (SSSR count). The number of nitrogens with one attached hydrogen (secondary N) is 1. The maximum absolute atomic E-state index is 11.7. The monoisotopic (exact) mass is 212 g/mol. The van der Waals surface area contributed by atoms with Crippen LogP contribution in [0.3, 0.4) is 0 Å². The molecular formula is C9H16N4O2. The lowest BCUT2D eigenvalue weighted by atomic mass is 9.95. The molecule has 0 radical (unpaired) electrons. The molecule has 1 atom stereocenters. The van der Waals surface area contributed by atoms with Crippen LogP contribution in [0.1, 0.15) is 19.7 Å². The number of aryl methyl sites for hydroxylation is 1. The van der Waals surface area contributed by atoms with Crippen LogP contribution in [0.2, 0.25) is 0 Å². The highest BCUT2D eigenvalue weighted by atomic mass is 16.4. The highest BCUT2D eigenvalue weighted by Crippen LogP contribution is 2.12. The Kier molecular flexibility index (Phi) is 3.79. The third kappa shape index (κ3) is 3.02. The Morgan fingerprint density at radius 2 is 2.20 bits per heavy atom. The molecule has 1 amide bonds. The van der Waals surface area contributed by atoms with Crippen molar-refractivity contribution in [3.63, 3.8) is 0 Å². The molecule has 15 heavy (non-hydrogen) atoms. The molecule has 6 heteroatoms. The van der Waals surface area contributed by atoms with E-state index in [0.29, 0.717) is 12.4 Å². The average Bonchev–Trinajstić information content (AvgIpc) is 2.51. The van der Waals surface area contributed by atoms with E-state index in [4.69, 9.17) is 10.2 Å². The number of carbonyl (C=O) groups excluding carboxylic acids is 1. The molecule has 1 unspecified atom stereocenters. The van der Waals surface area contributed by atoms with Gasteiger partial charge in [0, 0.05) is 13.5 Å². The lowest BCUT2D eigenvalue weighted by Crippen LogP contribution is -2.33. The van der Waals surface area contributed by atoms with Gasteiger partial charge < -0.3 is 10.2 Å². The molecule has 0 aliphatic rings. The summed E-state index contributed by atoms with van der Waals surface area (Å²) in [5.74, 6) is 0.173. The minimum absolute atomic E-state index is 0.122. The van der Waals surface area contributed by atoms with E-state index < -0.39 is 0 Å². The Labute approximate surface area is 88.2 Å². The minimum Gasteiger partial charge on any atom is -0.408 e. The van der Waals surface area contributed by atoms with Crippen LogP contribution in [-0.2, 0) is 4.79 Å². The maximum Gasteiger partial charge on any atom is 0.322 e. The largest absolute Gasteiger partial charge is 0.408 e. The van der Waals surface area contributed by atoms with Gasteiger partial charge in [0.25, 0.3) is 0 Å². The van der Waals surface area contributed by atoms with E-state index in [0.717, 1.165) is 0 Å². The fraction of sp³-hybridized carbons (Fsp3) is 0.667. The third-order valence-corrected chi connectivity index (χ3v) is 2.15. The first-order valence-electron chi connectivity index (χ1n) is 4.85. The van der Waals surface area contributed by atoms with Gasteiger partial charge in [0.1, 0.15) is 0 Å². The molecule has 1 aromatic heterocycles. The first-order chi connectivity index (χ1) is 7.04. The summed E-state index contributed by atoms with van der Waals surface area (Å²) >= 11 is 0. The van der Waals surface area contributed by atoms with Gasteiger partial charge in [-0.3, -0.25) is 10.1 Å². The number of hydrogen-bond acceptors (Lipinski definition) is 5. The zero-order valence-corrected chi connectivity index (χ0v) is 9.15. The number of rotatable bonds is 4. The van der Waals surface area contributed by atoms with Crippen LogP contribution in [0.25, 0.3) is 0 Å². The van der Waals surface area contributed by atoms with Gasteiger partial charge in [-0.25, -0.2) is 0 Å². The van der Waals surface area contributed by atoms with Crippen LogP contribution in [0.15, 0.2) is 4.42 Å². The first-order valence-corrected chi connectivity index (χ1v) is 4.85. The van der Waals surface area contributed by atoms with Crippen LogP contribution in [0, 0.1) is 18.8 Å². The van der Waals surface area contributed by atoms with Crippen molar-refractivity contribution in [1.29, 1.82) is 0 Å². The normalized spacial score (nSPS) is 12.9. The summed E-state index contributed by atoms with van der Waals surface area (Å²) in [6, 6.07) is 0.122. The molecule has 0 aromatic carbocycles. The van der Waals surface area contributed by atoms with E-state index in [-0.39, 0.29) is 23.8 Å². The second-order valence-corrected chi connectivity index (χ2v) is 3.70. The number of nitrogens with zero attached hydrogens (tertiary/aromatic N) is 2. The fourth-order valence-corrected chi connectivity index (χ4v) is 1.23. The molecule has 84 valence electrons. The van der Waals surface area contributed by atoms with Crippen molar-refractivity contribution in [3.8, 4) is 0 Å². The number of hydrogen-bond donors (Lipinski definition) is 2. The van der Waals surface area contributed by atoms with Crippen LogP contribution in [-0.4, -0.2) is 22.6 Å². The topological polar surface area (TPSA) is 94.0 Å². The fourth-order valence-electron chi connectivity index (χ4n) is 1.23. The summed E-state index contributed by atoms with van der Waals surface area (Å²) < 4.78 is 5.03. The highest BCUT2D eigenvalue weighted by molar-refractivity contribution is 5.90. The Morgan fingerprint density at radius 3 is 2.60 bits per heavy atom. The van der Waals surface area contributed by atoms with Gasteiger partial charge >= 0.3 is 6.01 Å². The van der Waals surface area contributed by atoms with Crippen LogP contribution in [0.5, 0.6) is 0 Å². The highest BCUT2D eigenvalue weighted by Gasteiger charge is 2.21. The lowest BCUT2D eigenvalue weighted by Gasteiger charge is -2.16. The zero-order chi connectivity index (χ0) is 11.4. The van der Waals surface area contributed by atoms with E-state index >= 15 is 0 Å². The minimum atomic E-state index is -0.239. The van der Waals surface area contributed by atoms with Gasteiger partial charge in [-0.15, -0.1) is 5.10 Å². The van der Waals surface area contributed by atoms with Crippen LogP contribution >= 0.6 is 0 Å². The van der Waals surface area contributed by atoms with Gasteiger partial charge in [0.05, 0.1) is 5.92 Å². The summed E-state index contributed by atoms with van der Waals surface area (Å²) in [5, 5.41) is 9.82. The smallest absolute Gasteiger partial charge is 0.322 e. The number of amides is 1.